The monoisotopic (exact) mass is 423 g/mol. The third-order valence-corrected chi connectivity index (χ3v) is 5.53. The van der Waals surface area contributed by atoms with Gasteiger partial charge in [-0.2, -0.15) is 5.10 Å². The molecule has 2 heterocycles. The maximum absolute atomic E-state index is 12.3. The number of amides is 1. The zero-order chi connectivity index (χ0) is 21.6. The van der Waals surface area contributed by atoms with E-state index in [0.29, 0.717) is 43.1 Å². The average Bonchev–Trinajstić information content (AvgIpc) is 3.34. The van der Waals surface area contributed by atoms with Crippen molar-refractivity contribution in [3.8, 4) is 0 Å². The van der Waals surface area contributed by atoms with Crippen LogP contribution in [0.15, 0.2) is 47.6 Å². The Hall–Kier alpha value is -3.46. The van der Waals surface area contributed by atoms with Gasteiger partial charge in [0.1, 0.15) is 5.69 Å². The van der Waals surface area contributed by atoms with Gasteiger partial charge in [0.15, 0.2) is 0 Å². The summed E-state index contributed by atoms with van der Waals surface area (Å²) < 4.78 is 5.31. The van der Waals surface area contributed by atoms with Gasteiger partial charge in [0.05, 0.1) is 24.4 Å². The fourth-order valence-corrected chi connectivity index (χ4v) is 3.87. The molecule has 2 aromatic carbocycles. The highest BCUT2D eigenvalue weighted by Crippen LogP contribution is 2.29. The molecule has 4 rings (SSSR count). The Balaban J connectivity index is 1.40. The lowest BCUT2D eigenvalue weighted by molar-refractivity contribution is -0.384. The molecule has 0 aliphatic carbocycles. The van der Waals surface area contributed by atoms with Crippen LogP contribution in [0.1, 0.15) is 28.8 Å². The second-order valence-corrected chi connectivity index (χ2v) is 7.54. The molecule has 9 heteroatoms. The molecule has 2 saturated heterocycles. The van der Waals surface area contributed by atoms with Gasteiger partial charge >= 0.3 is 0 Å². The summed E-state index contributed by atoms with van der Waals surface area (Å²) in [6, 6.07) is 12.4. The van der Waals surface area contributed by atoms with Gasteiger partial charge in [-0.15, -0.1) is 0 Å². The maximum atomic E-state index is 12.3. The SMILES string of the molecule is O=C(N/N=C\c1ccc(N2CCOCC2)c([N+](=O)[O-])c1)c1ccc(N2CCCC2)cc1. The van der Waals surface area contributed by atoms with E-state index in [2.05, 4.69) is 15.4 Å². The topological polar surface area (TPSA) is 100 Å². The van der Waals surface area contributed by atoms with E-state index < -0.39 is 4.92 Å². The number of hydrazone groups is 1. The summed E-state index contributed by atoms with van der Waals surface area (Å²) in [5.74, 6) is -0.330. The standard InChI is InChI=1S/C22H25N5O4/c28-22(18-4-6-19(7-5-18)25-9-1-2-10-25)24-23-16-17-3-8-20(21(15-17)27(29)30)26-11-13-31-14-12-26/h3-8,15-16H,1-2,9-14H2,(H,24,28)/b23-16-. The van der Waals surface area contributed by atoms with Crippen molar-refractivity contribution in [3.63, 3.8) is 0 Å². The van der Waals surface area contributed by atoms with Crippen molar-refractivity contribution in [2.24, 2.45) is 5.10 Å². The first-order valence-electron chi connectivity index (χ1n) is 10.4. The zero-order valence-electron chi connectivity index (χ0n) is 17.2. The molecule has 0 saturated carbocycles. The number of benzene rings is 2. The van der Waals surface area contributed by atoms with Crippen molar-refractivity contribution in [1.82, 2.24) is 5.43 Å². The largest absolute Gasteiger partial charge is 0.378 e. The molecule has 31 heavy (non-hydrogen) atoms. The minimum absolute atomic E-state index is 0.00896. The first-order valence-corrected chi connectivity index (χ1v) is 10.4. The lowest BCUT2D eigenvalue weighted by atomic mass is 10.1. The third kappa shape index (κ3) is 5.00. The highest BCUT2D eigenvalue weighted by Gasteiger charge is 2.21. The number of rotatable bonds is 6. The molecule has 2 fully saturated rings. The van der Waals surface area contributed by atoms with Crippen molar-refractivity contribution in [2.45, 2.75) is 12.8 Å². The lowest BCUT2D eigenvalue weighted by Crippen LogP contribution is -2.36. The molecule has 162 valence electrons. The Kier molecular flexibility index (Phi) is 6.42. The van der Waals surface area contributed by atoms with Crippen LogP contribution in [-0.2, 0) is 4.74 Å². The van der Waals surface area contributed by atoms with Crippen molar-refractivity contribution in [1.29, 1.82) is 0 Å². The van der Waals surface area contributed by atoms with E-state index in [9.17, 15) is 14.9 Å². The van der Waals surface area contributed by atoms with Crippen LogP contribution < -0.4 is 15.2 Å². The van der Waals surface area contributed by atoms with E-state index in [4.69, 9.17) is 4.74 Å². The van der Waals surface area contributed by atoms with E-state index in [-0.39, 0.29) is 11.6 Å². The summed E-state index contributed by atoms with van der Waals surface area (Å²) in [5, 5.41) is 15.5. The Labute approximate surface area is 180 Å². The molecule has 1 amide bonds. The van der Waals surface area contributed by atoms with Gasteiger partial charge in [0.25, 0.3) is 11.6 Å². The lowest BCUT2D eigenvalue weighted by Gasteiger charge is -2.28. The van der Waals surface area contributed by atoms with Crippen LogP contribution in [0, 0.1) is 10.1 Å². The van der Waals surface area contributed by atoms with Crippen molar-refractivity contribution in [2.75, 3.05) is 49.2 Å². The molecule has 0 aromatic heterocycles. The molecule has 2 aromatic rings. The van der Waals surface area contributed by atoms with Crippen molar-refractivity contribution >= 4 is 29.2 Å². The number of morpholine rings is 1. The zero-order valence-corrected chi connectivity index (χ0v) is 17.2. The molecule has 0 bridgehead atoms. The van der Waals surface area contributed by atoms with Crippen molar-refractivity contribution in [3.05, 3.63) is 63.7 Å². The number of nitrogens with one attached hydrogen (secondary N) is 1. The van der Waals surface area contributed by atoms with Crippen LogP contribution >= 0.6 is 0 Å². The number of nitro benzene ring substituents is 1. The molecule has 2 aliphatic heterocycles. The first-order chi connectivity index (χ1) is 15.1. The van der Waals surface area contributed by atoms with E-state index in [1.54, 1.807) is 24.3 Å². The second-order valence-electron chi connectivity index (χ2n) is 7.54. The van der Waals surface area contributed by atoms with Crippen LogP contribution in [0.25, 0.3) is 0 Å². The van der Waals surface area contributed by atoms with Gasteiger partial charge in [-0.3, -0.25) is 14.9 Å². The number of hydrogen-bond acceptors (Lipinski definition) is 7. The number of ether oxygens (including phenoxy) is 1. The normalized spacial score (nSPS) is 16.6. The van der Waals surface area contributed by atoms with Crippen LogP contribution in [0.2, 0.25) is 0 Å². The van der Waals surface area contributed by atoms with Gasteiger partial charge in [0, 0.05) is 49.1 Å². The van der Waals surface area contributed by atoms with Gasteiger partial charge in [-0.25, -0.2) is 5.43 Å². The second kappa shape index (κ2) is 9.57. The number of carbonyl (C=O) groups is 1. The molecule has 0 unspecified atom stereocenters. The summed E-state index contributed by atoms with van der Waals surface area (Å²) in [6.45, 7) is 4.41. The molecule has 0 atom stereocenters. The third-order valence-electron chi connectivity index (χ3n) is 5.53. The Morgan fingerprint density at radius 1 is 1.03 bits per heavy atom. The fraction of sp³-hybridized carbons (Fsp3) is 0.364. The van der Waals surface area contributed by atoms with Crippen LogP contribution in [-0.4, -0.2) is 56.4 Å². The first kappa shape index (κ1) is 20.8. The highest BCUT2D eigenvalue weighted by molar-refractivity contribution is 5.95. The highest BCUT2D eigenvalue weighted by atomic mass is 16.6. The number of carbonyl (C=O) groups excluding carboxylic acids is 1. The summed E-state index contributed by atoms with van der Waals surface area (Å²) in [4.78, 5) is 27.7. The number of nitrogens with zero attached hydrogens (tertiary/aromatic N) is 4. The number of hydrogen-bond donors (Lipinski definition) is 1. The smallest absolute Gasteiger partial charge is 0.293 e. The Morgan fingerprint density at radius 2 is 1.74 bits per heavy atom. The fourth-order valence-electron chi connectivity index (χ4n) is 3.87. The molecule has 1 N–H and O–H groups in total. The predicted octanol–water partition coefficient (Wildman–Crippen LogP) is 2.80. The van der Waals surface area contributed by atoms with Crippen LogP contribution in [0.4, 0.5) is 17.1 Å². The Morgan fingerprint density at radius 3 is 2.42 bits per heavy atom. The van der Waals surface area contributed by atoms with Gasteiger partial charge < -0.3 is 14.5 Å². The predicted molar refractivity (Wildman–Crippen MR) is 119 cm³/mol. The summed E-state index contributed by atoms with van der Waals surface area (Å²) in [7, 11) is 0. The number of nitro groups is 1. The minimum Gasteiger partial charge on any atom is -0.378 e. The molecule has 0 radical (unpaired) electrons. The van der Waals surface area contributed by atoms with Crippen LogP contribution in [0.5, 0.6) is 0 Å². The van der Waals surface area contributed by atoms with Crippen molar-refractivity contribution < 1.29 is 14.5 Å². The van der Waals surface area contributed by atoms with E-state index in [1.165, 1.54) is 25.1 Å². The van der Waals surface area contributed by atoms with Gasteiger partial charge in [-0.1, -0.05) is 6.07 Å². The molecule has 0 spiro atoms. The quantitative estimate of drug-likeness (QED) is 0.436. The molecular weight excluding hydrogens is 398 g/mol. The van der Waals surface area contributed by atoms with E-state index in [0.717, 1.165) is 18.8 Å². The van der Waals surface area contributed by atoms with Crippen LogP contribution in [0.3, 0.4) is 0 Å². The molecular formula is C22H25N5O4. The number of anilines is 2. The minimum atomic E-state index is -0.400. The van der Waals surface area contributed by atoms with E-state index in [1.807, 2.05) is 17.0 Å². The van der Waals surface area contributed by atoms with Gasteiger partial charge in [-0.05, 0) is 43.2 Å². The summed E-state index contributed by atoms with van der Waals surface area (Å²) in [6.07, 6.45) is 3.80. The van der Waals surface area contributed by atoms with E-state index >= 15 is 0 Å². The average molecular weight is 423 g/mol. The Bertz CT molecular complexity index is 964. The molecule has 2 aliphatic rings. The summed E-state index contributed by atoms with van der Waals surface area (Å²) >= 11 is 0. The van der Waals surface area contributed by atoms with Gasteiger partial charge in [0.2, 0.25) is 0 Å². The maximum Gasteiger partial charge on any atom is 0.293 e. The summed E-state index contributed by atoms with van der Waals surface area (Å²) in [5.41, 5.74) is 5.21. The molecule has 9 nitrogen and oxygen atoms in total.